The first-order valence-electron chi connectivity index (χ1n) is 12.6. The number of aromatic nitrogens is 1. The van der Waals surface area contributed by atoms with Crippen molar-refractivity contribution in [3.63, 3.8) is 0 Å². The maximum Gasteiger partial charge on any atom is 0.0701 e. The van der Waals surface area contributed by atoms with E-state index in [1.807, 2.05) is 22.7 Å². The van der Waals surface area contributed by atoms with Crippen LogP contribution in [0, 0.1) is 41.5 Å². The van der Waals surface area contributed by atoms with Crippen molar-refractivity contribution >= 4 is 44.5 Å². The van der Waals surface area contributed by atoms with Crippen LogP contribution in [0.3, 0.4) is 0 Å². The van der Waals surface area contributed by atoms with E-state index in [0.717, 1.165) is 6.54 Å². The van der Waals surface area contributed by atoms with E-state index in [-0.39, 0.29) is 0 Å². The average molecular weight is 518 g/mol. The van der Waals surface area contributed by atoms with Gasteiger partial charge in [-0.2, -0.15) is 0 Å². The van der Waals surface area contributed by atoms with E-state index in [9.17, 15) is 0 Å². The van der Waals surface area contributed by atoms with Crippen LogP contribution in [0.1, 0.15) is 32.7 Å². The summed E-state index contributed by atoms with van der Waals surface area (Å²) in [5.74, 6) is 0. The minimum atomic E-state index is 0.624. The molecule has 3 heterocycles. The number of rotatable bonds is 8. The monoisotopic (exact) mass is 517 g/mol. The Morgan fingerprint density at radius 2 is 1.31 bits per heavy atom. The first kappa shape index (κ1) is 25.2. The molecule has 0 aliphatic carbocycles. The molecule has 0 saturated carbocycles. The Labute approximate surface area is 222 Å². The lowest BCUT2D eigenvalue weighted by atomic mass is 10.0. The molecule has 5 rings (SSSR count). The van der Waals surface area contributed by atoms with E-state index in [1.165, 1.54) is 74.7 Å². The molecule has 0 radical (unpaired) electrons. The highest BCUT2D eigenvalue weighted by molar-refractivity contribution is 7.24. The van der Waals surface area contributed by atoms with Gasteiger partial charge < -0.3 is 14.0 Å². The summed E-state index contributed by atoms with van der Waals surface area (Å²) >= 11 is 3.88. The molecule has 0 N–H and O–H groups in total. The molecule has 0 bridgehead atoms. The third-order valence-corrected chi connectivity index (χ3v) is 10.4. The van der Waals surface area contributed by atoms with Gasteiger partial charge in [0.15, 0.2) is 0 Å². The molecule has 0 spiro atoms. The molecule has 0 saturated heterocycles. The highest BCUT2D eigenvalue weighted by Gasteiger charge is 2.20. The summed E-state index contributed by atoms with van der Waals surface area (Å²) in [6.07, 6.45) is 0. The van der Waals surface area contributed by atoms with E-state index in [2.05, 4.69) is 82.5 Å². The molecule has 0 aliphatic heterocycles. The molecule has 0 aliphatic rings. The molecule has 5 heteroatoms. The molecule has 0 fully saturated rings. The van der Waals surface area contributed by atoms with E-state index in [0.29, 0.717) is 19.8 Å². The van der Waals surface area contributed by atoms with Crippen molar-refractivity contribution in [1.29, 1.82) is 0 Å². The molecule has 3 nitrogen and oxygen atoms in total. The first-order valence-corrected chi connectivity index (χ1v) is 14.2. The van der Waals surface area contributed by atoms with Gasteiger partial charge in [0.25, 0.3) is 0 Å². The standard InChI is InChI=1S/C31H35NO2S2/c1-18-8-10-27-25(16-18)26-17-24(9-11-28(26)32(27)12-13-34-15-14-33-7)29-21(4)22(5)31(36-29)30-20(3)19(2)23(6)35-30/h8-11,16-17H,12-15H2,1-7H3. The molecule has 188 valence electrons. The fourth-order valence-corrected chi connectivity index (χ4v) is 7.77. The lowest BCUT2D eigenvalue weighted by Gasteiger charge is -2.09. The molecule has 3 aromatic heterocycles. The average Bonchev–Trinajstić information content (AvgIpc) is 3.43. The maximum absolute atomic E-state index is 5.81. The zero-order valence-corrected chi connectivity index (χ0v) is 24.0. The van der Waals surface area contributed by atoms with E-state index in [1.54, 1.807) is 7.11 Å². The number of thiophene rings is 2. The van der Waals surface area contributed by atoms with Gasteiger partial charge in [-0.1, -0.05) is 17.7 Å². The predicted octanol–water partition coefficient (Wildman–Crippen LogP) is 8.77. The number of ether oxygens (including phenoxy) is 2. The Morgan fingerprint density at radius 3 is 2.00 bits per heavy atom. The van der Waals surface area contributed by atoms with Crippen LogP contribution in [0.5, 0.6) is 0 Å². The van der Waals surface area contributed by atoms with Crippen molar-refractivity contribution in [2.24, 2.45) is 0 Å². The lowest BCUT2D eigenvalue weighted by molar-refractivity contribution is 0.0673. The Balaban J connectivity index is 1.60. The summed E-state index contributed by atoms with van der Waals surface area (Å²) in [6, 6.07) is 13.8. The van der Waals surface area contributed by atoms with Gasteiger partial charge in [-0.15, -0.1) is 22.7 Å². The Hall–Kier alpha value is -2.44. The topological polar surface area (TPSA) is 23.4 Å². The fourth-order valence-electron chi connectivity index (χ4n) is 5.05. The molecule has 5 aromatic rings. The van der Waals surface area contributed by atoms with Crippen molar-refractivity contribution in [2.75, 3.05) is 26.9 Å². The zero-order valence-electron chi connectivity index (χ0n) is 22.4. The molecular weight excluding hydrogens is 482 g/mol. The number of fused-ring (bicyclic) bond motifs is 3. The molecule has 36 heavy (non-hydrogen) atoms. The quantitative estimate of drug-likeness (QED) is 0.192. The van der Waals surface area contributed by atoms with Crippen LogP contribution in [-0.2, 0) is 16.0 Å². The molecule has 2 aromatic carbocycles. The predicted molar refractivity (Wildman–Crippen MR) is 157 cm³/mol. The van der Waals surface area contributed by atoms with Crippen molar-refractivity contribution in [3.05, 3.63) is 69.1 Å². The summed E-state index contributed by atoms with van der Waals surface area (Å²) in [7, 11) is 1.71. The second kappa shape index (κ2) is 10.1. The van der Waals surface area contributed by atoms with Gasteiger partial charge in [-0.25, -0.2) is 0 Å². The third kappa shape index (κ3) is 4.32. The van der Waals surface area contributed by atoms with Gasteiger partial charge in [-0.05, 0) is 93.6 Å². The first-order chi connectivity index (χ1) is 17.3. The van der Waals surface area contributed by atoms with Crippen LogP contribution in [0.25, 0.3) is 42.0 Å². The summed E-state index contributed by atoms with van der Waals surface area (Å²) in [4.78, 5) is 5.66. The minimum absolute atomic E-state index is 0.624. The summed E-state index contributed by atoms with van der Waals surface area (Å²) < 4.78 is 13.3. The Morgan fingerprint density at radius 1 is 0.667 bits per heavy atom. The number of benzene rings is 2. The Bertz CT molecular complexity index is 1570. The number of methoxy groups -OCH3 is 1. The van der Waals surface area contributed by atoms with Crippen molar-refractivity contribution in [3.8, 4) is 20.2 Å². The van der Waals surface area contributed by atoms with Crippen LogP contribution in [0.15, 0.2) is 36.4 Å². The van der Waals surface area contributed by atoms with Gasteiger partial charge in [0.1, 0.15) is 0 Å². The van der Waals surface area contributed by atoms with Gasteiger partial charge in [-0.3, -0.25) is 0 Å². The summed E-state index contributed by atoms with van der Waals surface area (Å²) in [6.45, 7) is 16.2. The number of aryl methyl sites for hydroxylation is 2. The van der Waals surface area contributed by atoms with Crippen LogP contribution in [0.4, 0.5) is 0 Å². The van der Waals surface area contributed by atoms with Crippen LogP contribution < -0.4 is 0 Å². The summed E-state index contributed by atoms with van der Waals surface area (Å²) in [5.41, 5.74) is 10.8. The zero-order chi connectivity index (χ0) is 25.6. The van der Waals surface area contributed by atoms with Crippen LogP contribution in [0.2, 0.25) is 0 Å². The minimum Gasteiger partial charge on any atom is -0.382 e. The third-order valence-electron chi connectivity index (χ3n) is 7.51. The second-order valence-corrected chi connectivity index (χ2v) is 12.0. The highest BCUT2D eigenvalue weighted by atomic mass is 32.1. The maximum atomic E-state index is 5.81. The number of nitrogens with zero attached hydrogens (tertiary/aromatic N) is 1. The van der Waals surface area contributed by atoms with Gasteiger partial charge in [0, 0.05) is 55.0 Å². The Kier molecular flexibility index (Phi) is 7.10. The number of hydrogen-bond acceptors (Lipinski definition) is 4. The highest BCUT2D eigenvalue weighted by Crippen LogP contribution is 2.47. The molecular formula is C31H35NO2S2. The fraction of sp³-hybridized carbons (Fsp3) is 0.355. The number of hydrogen-bond donors (Lipinski definition) is 0. The second-order valence-electron chi connectivity index (χ2n) is 9.76. The molecule has 0 unspecified atom stereocenters. The van der Waals surface area contributed by atoms with Crippen molar-refractivity contribution < 1.29 is 9.47 Å². The smallest absolute Gasteiger partial charge is 0.0701 e. The van der Waals surface area contributed by atoms with Gasteiger partial charge in [0.05, 0.1) is 19.8 Å². The van der Waals surface area contributed by atoms with Crippen molar-refractivity contribution in [1.82, 2.24) is 4.57 Å². The molecule has 0 amide bonds. The lowest BCUT2D eigenvalue weighted by Crippen LogP contribution is -2.09. The van der Waals surface area contributed by atoms with Crippen LogP contribution in [-0.4, -0.2) is 31.5 Å². The van der Waals surface area contributed by atoms with Gasteiger partial charge in [0.2, 0.25) is 0 Å². The largest absolute Gasteiger partial charge is 0.382 e. The van der Waals surface area contributed by atoms with E-state index < -0.39 is 0 Å². The summed E-state index contributed by atoms with van der Waals surface area (Å²) in [5, 5.41) is 2.63. The van der Waals surface area contributed by atoms with Crippen LogP contribution >= 0.6 is 22.7 Å². The van der Waals surface area contributed by atoms with E-state index in [4.69, 9.17) is 9.47 Å². The SMILES string of the molecule is COCCOCCn1c2ccc(C)cc2c2cc(-c3sc(-c4sc(C)c(C)c4C)c(C)c3C)ccc21. The van der Waals surface area contributed by atoms with E-state index >= 15 is 0 Å². The molecule has 0 atom stereocenters. The van der Waals surface area contributed by atoms with Gasteiger partial charge >= 0.3 is 0 Å². The van der Waals surface area contributed by atoms with Crippen molar-refractivity contribution in [2.45, 2.75) is 48.1 Å². The normalized spacial score (nSPS) is 11.9.